The molecular weight excluding hydrogens is 264 g/mol. The van der Waals surface area contributed by atoms with Crippen molar-refractivity contribution in [3.8, 4) is 0 Å². The van der Waals surface area contributed by atoms with Crippen molar-refractivity contribution >= 4 is 20.9 Å². The van der Waals surface area contributed by atoms with Crippen LogP contribution < -0.4 is 5.69 Å². The monoisotopic (exact) mass is 280 g/mol. The molecule has 1 unspecified atom stereocenters. The van der Waals surface area contributed by atoms with Crippen LogP contribution in [0.15, 0.2) is 23.0 Å². The molecule has 2 heterocycles. The summed E-state index contributed by atoms with van der Waals surface area (Å²) < 4.78 is 25.9. The van der Waals surface area contributed by atoms with E-state index in [4.69, 9.17) is 0 Å². The van der Waals surface area contributed by atoms with E-state index in [9.17, 15) is 13.2 Å². The van der Waals surface area contributed by atoms with Gasteiger partial charge in [0, 0.05) is 0 Å². The minimum Gasteiger partial charge on any atom is -0.305 e. The van der Waals surface area contributed by atoms with Crippen LogP contribution in [0, 0.1) is 6.92 Å². The molecule has 0 bridgehead atoms. The molecule has 1 aliphatic heterocycles. The number of fused-ring (bicyclic) bond motifs is 1. The van der Waals surface area contributed by atoms with Gasteiger partial charge >= 0.3 is 5.69 Å². The standard InChI is InChI=1S/C13H16N2O3S/c1-9-5-4-6-10-12(9)15(13(16)14-10)11-7-2-3-8-19(11,17)18/h4-6,11H,2-3,7-8H2,1H3,(H,14,16). The van der Waals surface area contributed by atoms with E-state index >= 15 is 0 Å². The number of imidazole rings is 1. The van der Waals surface area contributed by atoms with Crippen molar-refractivity contribution in [3.63, 3.8) is 0 Å². The van der Waals surface area contributed by atoms with Crippen LogP contribution in [0.3, 0.4) is 0 Å². The number of hydrogen-bond acceptors (Lipinski definition) is 3. The maximum Gasteiger partial charge on any atom is 0.327 e. The molecule has 6 heteroatoms. The summed E-state index contributed by atoms with van der Waals surface area (Å²) in [5.74, 6) is 0.169. The van der Waals surface area contributed by atoms with Crippen molar-refractivity contribution in [2.24, 2.45) is 0 Å². The summed E-state index contributed by atoms with van der Waals surface area (Å²) in [6, 6.07) is 5.55. The van der Waals surface area contributed by atoms with Gasteiger partial charge in [0.2, 0.25) is 0 Å². The van der Waals surface area contributed by atoms with E-state index in [1.807, 2.05) is 19.1 Å². The predicted molar refractivity (Wildman–Crippen MR) is 74.0 cm³/mol. The third-order valence-corrected chi connectivity index (χ3v) is 5.90. The fourth-order valence-electron chi connectivity index (χ4n) is 2.86. The minimum absolute atomic E-state index is 0.169. The maximum atomic E-state index is 12.2. The number of hydrogen-bond donors (Lipinski definition) is 1. The van der Waals surface area contributed by atoms with Crippen molar-refractivity contribution in [2.75, 3.05) is 5.75 Å². The Balaban J connectivity index is 2.31. The van der Waals surface area contributed by atoms with Gasteiger partial charge in [-0.15, -0.1) is 0 Å². The molecule has 2 aromatic rings. The molecule has 19 heavy (non-hydrogen) atoms. The second-order valence-electron chi connectivity index (χ2n) is 5.09. The molecule has 0 aliphatic carbocycles. The van der Waals surface area contributed by atoms with Gasteiger partial charge in [-0.2, -0.15) is 0 Å². The zero-order valence-corrected chi connectivity index (χ0v) is 11.5. The SMILES string of the molecule is Cc1cccc2[nH]c(=O)n(C3CCCCS3(=O)=O)c12. The molecule has 1 aliphatic rings. The number of aromatic amines is 1. The van der Waals surface area contributed by atoms with Crippen LogP contribution in [0.5, 0.6) is 0 Å². The lowest BCUT2D eigenvalue weighted by molar-refractivity contribution is 0.490. The fourth-order valence-corrected chi connectivity index (χ4v) is 4.79. The lowest BCUT2D eigenvalue weighted by Gasteiger charge is -2.23. The number of H-pyrrole nitrogens is 1. The molecule has 1 atom stereocenters. The van der Waals surface area contributed by atoms with Crippen LogP contribution in [0.2, 0.25) is 0 Å². The molecule has 0 amide bonds. The normalized spacial score (nSPS) is 22.7. The van der Waals surface area contributed by atoms with E-state index < -0.39 is 15.2 Å². The van der Waals surface area contributed by atoms with Gasteiger partial charge in [-0.05, 0) is 37.8 Å². The zero-order chi connectivity index (χ0) is 13.6. The molecule has 0 spiro atoms. The van der Waals surface area contributed by atoms with Gasteiger partial charge in [-0.3, -0.25) is 4.57 Å². The van der Waals surface area contributed by atoms with Crippen LogP contribution >= 0.6 is 0 Å². The second kappa shape index (κ2) is 4.23. The smallest absolute Gasteiger partial charge is 0.305 e. The molecule has 3 rings (SSSR count). The van der Waals surface area contributed by atoms with E-state index in [1.165, 1.54) is 4.57 Å². The molecule has 0 radical (unpaired) electrons. The molecule has 0 saturated carbocycles. The van der Waals surface area contributed by atoms with Gasteiger partial charge in [0.25, 0.3) is 0 Å². The Bertz CT molecular complexity index is 786. The topological polar surface area (TPSA) is 71.9 Å². The number of para-hydroxylation sites is 1. The summed E-state index contributed by atoms with van der Waals surface area (Å²) in [5, 5.41) is -0.719. The Labute approximate surface area is 111 Å². The third-order valence-electron chi connectivity index (χ3n) is 3.77. The fraction of sp³-hybridized carbons (Fsp3) is 0.462. The van der Waals surface area contributed by atoms with E-state index in [0.29, 0.717) is 23.9 Å². The first-order valence-electron chi connectivity index (χ1n) is 6.42. The molecule has 1 N–H and O–H groups in total. The predicted octanol–water partition coefficient (Wildman–Crippen LogP) is 1.74. The van der Waals surface area contributed by atoms with Crippen LogP contribution in [0.4, 0.5) is 0 Å². The third kappa shape index (κ3) is 1.90. The molecular formula is C13H16N2O3S. The molecule has 1 fully saturated rings. The molecule has 102 valence electrons. The largest absolute Gasteiger partial charge is 0.327 e. The molecule has 1 aromatic carbocycles. The Hall–Kier alpha value is -1.56. The van der Waals surface area contributed by atoms with Crippen molar-refractivity contribution in [2.45, 2.75) is 31.6 Å². The average Bonchev–Trinajstić information content (AvgIpc) is 2.66. The summed E-state index contributed by atoms with van der Waals surface area (Å²) in [7, 11) is -3.23. The Morgan fingerprint density at radius 2 is 2.11 bits per heavy atom. The zero-order valence-electron chi connectivity index (χ0n) is 10.7. The van der Waals surface area contributed by atoms with Crippen molar-refractivity contribution in [3.05, 3.63) is 34.2 Å². The number of sulfone groups is 1. The van der Waals surface area contributed by atoms with Gasteiger partial charge < -0.3 is 4.98 Å². The Kier molecular flexibility index (Phi) is 2.78. The quantitative estimate of drug-likeness (QED) is 0.864. The summed E-state index contributed by atoms with van der Waals surface area (Å²) in [6.07, 6.45) is 2.05. The van der Waals surface area contributed by atoms with E-state index in [-0.39, 0.29) is 11.4 Å². The van der Waals surface area contributed by atoms with Crippen molar-refractivity contribution < 1.29 is 8.42 Å². The average molecular weight is 280 g/mol. The van der Waals surface area contributed by atoms with Crippen molar-refractivity contribution in [1.29, 1.82) is 0 Å². The van der Waals surface area contributed by atoms with Crippen LogP contribution in [-0.2, 0) is 9.84 Å². The first-order valence-corrected chi connectivity index (χ1v) is 8.13. The van der Waals surface area contributed by atoms with Gasteiger partial charge in [-0.25, -0.2) is 13.2 Å². The second-order valence-corrected chi connectivity index (χ2v) is 7.37. The van der Waals surface area contributed by atoms with Crippen LogP contribution in [0.1, 0.15) is 30.2 Å². The van der Waals surface area contributed by atoms with Gasteiger partial charge in [0.1, 0.15) is 5.37 Å². The van der Waals surface area contributed by atoms with Gasteiger partial charge in [0.15, 0.2) is 9.84 Å². The van der Waals surface area contributed by atoms with E-state index in [0.717, 1.165) is 12.0 Å². The van der Waals surface area contributed by atoms with Gasteiger partial charge in [0.05, 0.1) is 16.8 Å². The minimum atomic E-state index is -3.23. The highest BCUT2D eigenvalue weighted by Crippen LogP contribution is 2.30. The van der Waals surface area contributed by atoms with E-state index in [2.05, 4.69) is 4.98 Å². The van der Waals surface area contributed by atoms with Gasteiger partial charge in [-0.1, -0.05) is 12.1 Å². The van der Waals surface area contributed by atoms with E-state index in [1.54, 1.807) is 6.07 Å². The first kappa shape index (κ1) is 12.5. The summed E-state index contributed by atoms with van der Waals surface area (Å²) in [6.45, 7) is 1.89. The molecule has 5 nitrogen and oxygen atoms in total. The van der Waals surface area contributed by atoms with Crippen LogP contribution in [-0.4, -0.2) is 23.7 Å². The highest BCUT2D eigenvalue weighted by molar-refractivity contribution is 7.91. The number of aromatic nitrogens is 2. The molecule has 1 aromatic heterocycles. The number of nitrogens with one attached hydrogen (secondary N) is 1. The summed E-state index contributed by atoms with van der Waals surface area (Å²) in [4.78, 5) is 14.9. The Morgan fingerprint density at radius 3 is 2.84 bits per heavy atom. The highest BCUT2D eigenvalue weighted by atomic mass is 32.2. The summed E-state index contributed by atoms with van der Waals surface area (Å²) >= 11 is 0. The summed E-state index contributed by atoms with van der Waals surface area (Å²) in [5.41, 5.74) is 1.99. The number of benzene rings is 1. The number of aryl methyl sites for hydroxylation is 1. The lowest BCUT2D eigenvalue weighted by Crippen LogP contribution is -2.32. The Morgan fingerprint density at radius 1 is 1.32 bits per heavy atom. The molecule has 1 saturated heterocycles. The highest BCUT2D eigenvalue weighted by Gasteiger charge is 2.32. The van der Waals surface area contributed by atoms with Crippen molar-refractivity contribution in [1.82, 2.24) is 9.55 Å². The first-order chi connectivity index (χ1) is 9.00. The lowest BCUT2D eigenvalue weighted by atomic mass is 10.2. The maximum absolute atomic E-state index is 12.2. The number of rotatable bonds is 1. The number of nitrogens with zero attached hydrogens (tertiary/aromatic N) is 1. The van der Waals surface area contributed by atoms with Crippen LogP contribution in [0.25, 0.3) is 11.0 Å².